The van der Waals surface area contributed by atoms with Gasteiger partial charge in [-0.1, -0.05) is 17.7 Å². The van der Waals surface area contributed by atoms with Gasteiger partial charge in [0.2, 0.25) is 17.3 Å². The number of benzene rings is 1. The standard InChI is InChI=1S/C23H24N6O3/c1-16-5-7-17(8-6-16)27-14-12-26(13-15-27)10-3-11-28-21-20(25-29(28)32)22(30)18-4-2-9-24-19(18)23(21)31/h2,4-9H,3,10-15H2,1H3. The SMILES string of the molecule is Cc1ccc(N2CCN(CCCn3c4c(n[n+]3[O-])C(=O)c3cccnc3C4=O)CC2)cc1. The van der Waals surface area contributed by atoms with Crippen molar-refractivity contribution in [2.24, 2.45) is 0 Å². The number of pyridine rings is 1. The Balaban J connectivity index is 1.22. The van der Waals surface area contributed by atoms with Crippen molar-refractivity contribution in [2.45, 2.75) is 19.9 Å². The smallest absolute Gasteiger partial charge is 0.236 e. The van der Waals surface area contributed by atoms with Gasteiger partial charge in [-0.3, -0.25) is 19.5 Å². The van der Waals surface area contributed by atoms with E-state index in [9.17, 15) is 14.8 Å². The molecule has 0 atom stereocenters. The van der Waals surface area contributed by atoms with Crippen molar-refractivity contribution in [3.8, 4) is 0 Å². The highest BCUT2D eigenvalue weighted by Gasteiger charge is 2.40. The highest BCUT2D eigenvalue weighted by molar-refractivity contribution is 6.26. The van der Waals surface area contributed by atoms with Gasteiger partial charge in [0.15, 0.2) is 5.69 Å². The second-order valence-electron chi connectivity index (χ2n) is 8.25. The molecule has 32 heavy (non-hydrogen) atoms. The summed E-state index contributed by atoms with van der Waals surface area (Å²) < 4.78 is 1.26. The van der Waals surface area contributed by atoms with Crippen molar-refractivity contribution in [3.05, 3.63) is 76.0 Å². The number of hydrogen-bond acceptors (Lipinski definition) is 7. The fraction of sp³-hybridized carbons (Fsp3) is 0.348. The molecule has 0 spiro atoms. The third-order valence-corrected chi connectivity index (χ3v) is 6.19. The van der Waals surface area contributed by atoms with Crippen molar-refractivity contribution >= 4 is 17.3 Å². The van der Waals surface area contributed by atoms with Crippen LogP contribution in [0.3, 0.4) is 0 Å². The van der Waals surface area contributed by atoms with Crippen molar-refractivity contribution in [2.75, 3.05) is 37.6 Å². The number of piperazine rings is 1. The van der Waals surface area contributed by atoms with E-state index < -0.39 is 11.6 Å². The van der Waals surface area contributed by atoms with Gasteiger partial charge in [0.25, 0.3) is 0 Å². The molecule has 3 heterocycles. The van der Waals surface area contributed by atoms with Crippen LogP contribution in [0.2, 0.25) is 0 Å². The van der Waals surface area contributed by atoms with Crippen LogP contribution in [-0.2, 0) is 6.54 Å². The summed E-state index contributed by atoms with van der Waals surface area (Å²) in [6.07, 6.45) is 2.14. The highest BCUT2D eigenvalue weighted by Crippen LogP contribution is 2.24. The van der Waals surface area contributed by atoms with Crippen LogP contribution < -0.4 is 9.86 Å². The molecule has 1 aliphatic carbocycles. The molecule has 1 aromatic carbocycles. The minimum absolute atomic E-state index is 0.0420. The zero-order valence-electron chi connectivity index (χ0n) is 17.9. The minimum atomic E-state index is -0.432. The molecule has 1 aliphatic heterocycles. The predicted molar refractivity (Wildman–Crippen MR) is 117 cm³/mol. The van der Waals surface area contributed by atoms with E-state index in [0.717, 1.165) is 32.7 Å². The summed E-state index contributed by atoms with van der Waals surface area (Å²) in [5.74, 6) is -0.859. The molecule has 9 nitrogen and oxygen atoms in total. The fourth-order valence-electron chi connectivity index (χ4n) is 4.41. The second kappa shape index (κ2) is 8.16. The number of carbonyl (C=O) groups excluding carboxylic acids is 2. The van der Waals surface area contributed by atoms with Crippen molar-refractivity contribution < 1.29 is 14.5 Å². The molecular formula is C23H24N6O3. The van der Waals surface area contributed by atoms with E-state index in [1.807, 2.05) is 0 Å². The van der Waals surface area contributed by atoms with Crippen molar-refractivity contribution in [3.63, 3.8) is 0 Å². The van der Waals surface area contributed by atoms with Crippen molar-refractivity contribution in [1.29, 1.82) is 0 Å². The number of hydrogen-bond donors (Lipinski definition) is 0. The lowest BCUT2D eigenvalue weighted by molar-refractivity contribution is -0.749. The van der Waals surface area contributed by atoms with E-state index in [1.165, 1.54) is 28.2 Å². The van der Waals surface area contributed by atoms with E-state index in [2.05, 4.69) is 51.1 Å². The fourth-order valence-corrected chi connectivity index (χ4v) is 4.41. The lowest BCUT2D eigenvalue weighted by Gasteiger charge is -2.36. The largest absolute Gasteiger partial charge is 0.571 e. The van der Waals surface area contributed by atoms with Gasteiger partial charge in [-0.05, 0) is 37.6 Å². The summed E-state index contributed by atoms with van der Waals surface area (Å²) in [4.78, 5) is 34.7. The van der Waals surface area contributed by atoms with E-state index in [0.29, 0.717) is 17.9 Å². The van der Waals surface area contributed by atoms with Crippen LogP contribution in [0.4, 0.5) is 5.69 Å². The average Bonchev–Trinajstić information content (AvgIpc) is 3.15. The van der Waals surface area contributed by atoms with Gasteiger partial charge < -0.3 is 10.1 Å². The molecule has 0 bridgehead atoms. The maximum atomic E-state index is 12.9. The van der Waals surface area contributed by atoms with Gasteiger partial charge in [0, 0.05) is 54.7 Å². The number of anilines is 1. The molecule has 0 radical (unpaired) electrons. The molecular weight excluding hydrogens is 408 g/mol. The minimum Gasteiger partial charge on any atom is -0.571 e. The van der Waals surface area contributed by atoms with Gasteiger partial charge in [0.1, 0.15) is 5.69 Å². The first-order valence-electron chi connectivity index (χ1n) is 10.8. The third kappa shape index (κ3) is 3.54. The Morgan fingerprint density at radius 1 is 0.969 bits per heavy atom. The number of carbonyl (C=O) groups is 2. The number of aryl methyl sites for hydroxylation is 1. The molecule has 0 saturated carbocycles. The zero-order chi connectivity index (χ0) is 22.2. The molecule has 1 saturated heterocycles. The molecule has 9 heteroatoms. The Morgan fingerprint density at radius 3 is 2.47 bits per heavy atom. The Kier molecular flexibility index (Phi) is 5.18. The van der Waals surface area contributed by atoms with Crippen molar-refractivity contribution in [1.82, 2.24) is 19.7 Å². The quantitative estimate of drug-likeness (QED) is 0.345. The monoisotopic (exact) mass is 432 g/mol. The Bertz CT molecular complexity index is 1180. The Labute approximate surface area is 185 Å². The van der Waals surface area contributed by atoms with E-state index in [1.54, 1.807) is 6.07 Å². The first-order valence-corrected chi connectivity index (χ1v) is 10.8. The van der Waals surface area contributed by atoms with E-state index >= 15 is 0 Å². The summed E-state index contributed by atoms with van der Waals surface area (Å²) in [6, 6.07) is 11.7. The summed E-state index contributed by atoms with van der Waals surface area (Å²) in [5, 5.41) is 16.2. The van der Waals surface area contributed by atoms with Crippen LogP contribution in [0.1, 0.15) is 44.2 Å². The van der Waals surface area contributed by atoms with Gasteiger partial charge in [-0.15, -0.1) is 4.68 Å². The number of rotatable bonds is 5. The van der Waals surface area contributed by atoms with E-state index in [-0.39, 0.29) is 22.6 Å². The van der Waals surface area contributed by atoms with Gasteiger partial charge >= 0.3 is 0 Å². The number of aromatic nitrogens is 4. The molecule has 5 rings (SSSR count). The lowest BCUT2D eigenvalue weighted by Crippen LogP contribution is -2.47. The first-order chi connectivity index (χ1) is 15.5. The molecule has 0 unspecified atom stereocenters. The molecule has 0 N–H and O–H groups in total. The van der Waals surface area contributed by atoms with Gasteiger partial charge in [0.05, 0.1) is 12.1 Å². The Morgan fingerprint density at radius 2 is 1.72 bits per heavy atom. The van der Waals surface area contributed by atoms with Crippen LogP contribution in [0.25, 0.3) is 0 Å². The van der Waals surface area contributed by atoms with Crippen LogP contribution in [-0.4, -0.2) is 64.0 Å². The lowest BCUT2D eigenvalue weighted by atomic mass is 9.94. The normalized spacial score (nSPS) is 16.2. The summed E-state index contributed by atoms with van der Waals surface area (Å²) >= 11 is 0. The summed E-state index contributed by atoms with van der Waals surface area (Å²) in [6.45, 7) is 6.95. The van der Waals surface area contributed by atoms with Gasteiger partial charge in [-0.25, -0.2) is 0 Å². The van der Waals surface area contributed by atoms with Crippen LogP contribution in [0.15, 0.2) is 42.6 Å². The van der Waals surface area contributed by atoms with Gasteiger partial charge in [-0.2, -0.15) is 0 Å². The van der Waals surface area contributed by atoms with Crippen LogP contribution >= 0.6 is 0 Å². The highest BCUT2D eigenvalue weighted by atomic mass is 16.5. The van der Waals surface area contributed by atoms with Crippen LogP contribution in [0.5, 0.6) is 0 Å². The molecule has 2 aromatic heterocycles. The Hall–Kier alpha value is -3.59. The molecule has 1 fully saturated rings. The summed E-state index contributed by atoms with van der Waals surface area (Å²) in [7, 11) is 0. The second-order valence-corrected chi connectivity index (χ2v) is 8.25. The third-order valence-electron chi connectivity index (χ3n) is 6.19. The molecule has 0 amide bonds. The number of nitrogens with zero attached hydrogens (tertiary/aromatic N) is 6. The molecule has 3 aromatic rings. The van der Waals surface area contributed by atoms with E-state index in [4.69, 9.17) is 0 Å². The van der Waals surface area contributed by atoms with Crippen LogP contribution in [0, 0.1) is 12.1 Å². The summed E-state index contributed by atoms with van der Waals surface area (Å²) in [5.41, 5.74) is 2.73. The number of ketones is 2. The zero-order valence-corrected chi connectivity index (χ0v) is 17.9. The molecule has 164 valence electrons. The average molecular weight is 432 g/mol. The molecule has 2 aliphatic rings. The number of fused-ring (bicyclic) bond motifs is 2. The predicted octanol–water partition coefficient (Wildman–Crippen LogP) is 1.21. The topological polar surface area (TPSA) is 98.3 Å². The maximum absolute atomic E-state index is 12.9. The maximum Gasteiger partial charge on any atom is 0.236 e. The first kappa shape index (κ1) is 20.3.